The van der Waals surface area contributed by atoms with Crippen molar-refractivity contribution >= 4 is 17.8 Å². The van der Waals surface area contributed by atoms with Crippen molar-refractivity contribution in [2.75, 3.05) is 7.11 Å². The summed E-state index contributed by atoms with van der Waals surface area (Å²) in [6, 6.07) is 6.23. The summed E-state index contributed by atoms with van der Waals surface area (Å²) in [7, 11) is 1.23. The summed E-state index contributed by atoms with van der Waals surface area (Å²) in [6.07, 6.45) is -0.122. The largest absolute Gasteiger partial charge is 0.478 e. The van der Waals surface area contributed by atoms with E-state index in [9.17, 15) is 14.4 Å². The van der Waals surface area contributed by atoms with Gasteiger partial charge in [-0.2, -0.15) is 0 Å². The van der Waals surface area contributed by atoms with Gasteiger partial charge in [0.1, 0.15) is 5.54 Å². The Kier molecular flexibility index (Phi) is 4.85. The van der Waals surface area contributed by atoms with E-state index in [1.807, 2.05) is 0 Å². The molecule has 20 heavy (non-hydrogen) atoms. The van der Waals surface area contributed by atoms with Gasteiger partial charge in [-0.3, -0.25) is 4.79 Å². The van der Waals surface area contributed by atoms with Gasteiger partial charge in [0.25, 0.3) is 0 Å². The van der Waals surface area contributed by atoms with Crippen LogP contribution >= 0.6 is 0 Å². The van der Waals surface area contributed by atoms with Crippen LogP contribution < -0.4 is 5.32 Å². The van der Waals surface area contributed by atoms with Gasteiger partial charge in [0.2, 0.25) is 5.91 Å². The van der Waals surface area contributed by atoms with Crippen molar-refractivity contribution in [3.8, 4) is 0 Å². The normalized spacial score (nSPS) is 10.8. The number of methoxy groups -OCH3 is 1. The number of carboxylic acids is 1. The van der Waals surface area contributed by atoms with E-state index in [0.29, 0.717) is 5.56 Å². The van der Waals surface area contributed by atoms with E-state index in [1.54, 1.807) is 18.2 Å². The number of hydrogen-bond donors (Lipinski definition) is 2. The van der Waals surface area contributed by atoms with Crippen LogP contribution in [0, 0.1) is 0 Å². The second-order valence-electron chi connectivity index (χ2n) is 4.80. The summed E-state index contributed by atoms with van der Waals surface area (Å²) < 4.78 is 4.58. The van der Waals surface area contributed by atoms with Gasteiger partial charge >= 0.3 is 11.9 Å². The molecule has 0 aliphatic carbocycles. The van der Waals surface area contributed by atoms with E-state index in [4.69, 9.17) is 5.11 Å². The van der Waals surface area contributed by atoms with Gasteiger partial charge in [0.15, 0.2) is 0 Å². The predicted octanol–water partition coefficient (Wildman–Crippen LogP) is 0.995. The molecule has 0 aliphatic heterocycles. The highest BCUT2D eigenvalue weighted by molar-refractivity contribution is 5.93. The van der Waals surface area contributed by atoms with E-state index in [1.165, 1.54) is 27.0 Å². The first-order valence-electron chi connectivity index (χ1n) is 5.98. The van der Waals surface area contributed by atoms with Crippen molar-refractivity contribution in [3.63, 3.8) is 0 Å². The second kappa shape index (κ2) is 6.18. The smallest absolute Gasteiger partial charge is 0.335 e. The van der Waals surface area contributed by atoms with Gasteiger partial charge in [-0.05, 0) is 25.5 Å². The highest BCUT2D eigenvalue weighted by Gasteiger charge is 2.30. The molecule has 0 saturated carbocycles. The van der Waals surface area contributed by atoms with Crippen LogP contribution in [0.5, 0.6) is 0 Å². The minimum atomic E-state index is -1.16. The number of amides is 1. The molecule has 0 aromatic heterocycles. The molecule has 0 heterocycles. The molecular formula is C14H17NO5. The molecule has 0 aliphatic rings. The van der Waals surface area contributed by atoms with Crippen molar-refractivity contribution in [1.82, 2.24) is 5.32 Å². The molecule has 1 aromatic carbocycles. The summed E-state index contributed by atoms with van der Waals surface area (Å²) in [5.74, 6) is -2.12. The molecule has 1 aromatic rings. The van der Waals surface area contributed by atoms with Crippen LogP contribution in [0.2, 0.25) is 0 Å². The van der Waals surface area contributed by atoms with Crippen LogP contribution in [0.25, 0.3) is 0 Å². The first kappa shape index (κ1) is 15.7. The van der Waals surface area contributed by atoms with E-state index in [2.05, 4.69) is 10.1 Å². The number of nitrogens with one attached hydrogen (secondary N) is 1. The standard InChI is InChI=1S/C14H17NO5/c1-14(2,13(19)20-3)15-11(16)8-9-6-4-5-7-10(9)12(17)18/h4-7H,8H2,1-3H3,(H,15,16)(H,17,18). The van der Waals surface area contributed by atoms with Crippen LogP contribution in [-0.2, 0) is 20.7 Å². The minimum absolute atomic E-state index is 0.0681. The topological polar surface area (TPSA) is 92.7 Å². The number of hydrogen-bond acceptors (Lipinski definition) is 4. The summed E-state index contributed by atoms with van der Waals surface area (Å²) in [5.41, 5.74) is -0.707. The third kappa shape index (κ3) is 3.81. The molecule has 0 spiro atoms. The Labute approximate surface area is 116 Å². The van der Waals surface area contributed by atoms with Crippen molar-refractivity contribution in [2.45, 2.75) is 25.8 Å². The predicted molar refractivity (Wildman–Crippen MR) is 71.3 cm³/mol. The fourth-order valence-electron chi connectivity index (χ4n) is 1.76. The molecule has 0 fully saturated rings. The number of aromatic carboxylic acids is 1. The summed E-state index contributed by atoms with van der Waals surface area (Å²) in [6.45, 7) is 3.03. The van der Waals surface area contributed by atoms with E-state index < -0.39 is 23.4 Å². The molecule has 108 valence electrons. The van der Waals surface area contributed by atoms with Crippen LogP contribution in [-0.4, -0.2) is 35.6 Å². The zero-order chi connectivity index (χ0) is 15.3. The first-order chi connectivity index (χ1) is 9.27. The maximum absolute atomic E-state index is 11.9. The summed E-state index contributed by atoms with van der Waals surface area (Å²) >= 11 is 0. The Morgan fingerprint density at radius 3 is 2.40 bits per heavy atom. The monoisotopic (exact) mass is 279 g/mol. The Morgan fingerprint density at radius 1 is 1.25 bits per heavy atom. The first-order valence-corrected chi connectivity index (χ1v) is 5.98. The molecule has 0 bridgehead atoms. The minimum Gasteiger partial charge on any atom is -0.478 e. The number of rotatable bonds is 5. The highest BCUT2D eigenvalue weighted by atomic mass is 16.5. The molecule has 1 rings (SSSR count). The lowest BCUT2D eigenvalue weighted by Gasteiger charge is -2.23. The van der Waals surface area contributed by atoms with Gasteiger partial charge in [-0.25, -0.2) is 9.59 Å². The second-order valence-corrected chi connectivity index (χ2v) is 4.80. The van der Waals surface area contributed by atoms with Crippen LogP contribution in [0.3, 0.4) is 0 Å². The number of esters is 1. The van der Waals surface area contributed by atoms with Crippen LogP contribution in [0.1, 0.15) is 29.8 Å². The van der Waals surface area contributed by atoms with Gasteiger partial charge in [-0.15, -0.1) is 0 Å². The van der Waals surface area contributed by atoms with Crippen molar-refractivity contribution in [1.29, 1.82) is 0 Å². The maximum atomic E-state index is 11.9. The van der Waals surface area contributed by atoms with E-state index in [-0.39, 0.29) is 12.0 Å². The van der Waals surface area contributed by atoms with Crippen molar-refractivity contribution < 1.29 is 24.2 Å². The van der Waals surface area contributed by atoms with E-state index >= 15 is 0 Å². The fraction of sp³-hybridized carbons (Fsp3) is 0.357. The fourth-order valence-corrected chi connectivity index (χ4v) is 1.76. The lowest BCUT2D eigenvalue weighted by molar-refractivity contribution is -0.149. The highest BCUT2D eigenvalue weighted by Crippen LogP contribution is 2.11. The van der Waals surface area contributed by atoms with Gasteiger partial charge in [-0.1, -0.05) is 18.2 Å². The molecule has 0 atom stereocenters. The molecule has 0 radical (unpaired) electrons. The average Bonchev–Trinajstić information content (AvgIpc) is 2.37. The number of carbonyl (C=O) groups is 3. The summed E-state index contributed by atoms with van der Waals surface area (Å²) in [4.78, 5) is 34.4. The average molecular weight is 279 g/mol. The number of carbonyl (C=O) groups excluding carboxylic acids is 2. The zero-order valence-corrected chi connectivity index (χ0v) is 11.6. The van der Waals surface area contributed by atoms with Gasteiger partial charge in [0.05, 0.1) is 19.1 Å². The van der Waals surface area contributed by atoms with E-state index in [0.717, 1.165) is 0 Å². The van der Waals surface area contributed by atoms with Crippen molar-refractivity contribution in [3.05, 3.63) is 35.4 Å². The Balaban J connectivity index is 2.82. The summed E-state index contributed by atoms with van der Waals surface area (Å²) in [5, 5.41) is 11.5. The van der Waals surface area contributed by atoms with Crippen LogP contribution in [0.4, 0.5) is 0 Å². The molecule has 0 unspecified atom stereocenters. The zero-order valence-electron chi connectivity index (χ0n) is 11.6. The molecule has 2 N–H and O–H groups in total. The lowest BCUT2D eigenvalue weighted by atomic mass is 10.0. The molecule has 6 nitrogen and oxygen atoms in total. The molecule has 0 saturated heterocycles. The molecule has 6 heteroatoms. The molecule has 1 amide bonds. The Bertz CT molecular complexity index is 536. The van der Waals surface area contributed by atoms with Gasteiger partial charge in [0, 0.05) is 0 Å². The number of carboxylic acid groups (broad SMARTS) is 1. The molecular weight excluding hydrogens is 262 g/mol. The Morgan fingerprint density at radius 2 is 1.85 bits per heavy atom. The third-order valence-electron chi connectivity index (χ3n) is 2.75. The van der Waals surface area contributed by atoms with Gasteiger partial charge < -0.3 is 15.2 Å². The van der Waals surface area contributed by atoms with Crippen molar-refractivity contribution in [2.24, 2.45) is 0 Å². The quantitative estimate of drug-likeness (QED) is 0.784. The number of benzene rings is 1. The maximum Gasteiger partial charge on any atom is 0.335 e. The lowest BCUT2D eigenvalue weighted by Crippen LogP contribution is -2.50. The number of ether oxygens (including phenoxy) is 1. The SMILES string of the molecule is COC(=O)C(C)(C)NC(=O)Cc1ccccc1C(=O)O. The third-order valence-corrected chi connectivity index (χ3v) is 2.75. The van der Waals surface area contributed by atoms with Crippen LogP contribution in [0.15, 0.2) is 24.3 Å². The Hall–Kier alpha value is -2.37.